The molecule has 2 aliphatic rings. The summed E-state index contributed by atoms with van der Waals surface area (Å²) >= 11 is 0. The average molecular weight is 418 g/mol. The summed E-state index contributed by atoms with van der Waals surface area (Å²) in [4.78, 5) is 0. The maximum absolute atomic E-state index is 10.1. The smallest absolute Gasteiger partial charge is 0.187 e. The maximum Gasteiger partial charge on any atom is 0.187 e. The number of hydrogen-bond acceptors (Lipinski definition) is 11. The zero-order valence-corrected chi connectivity index (χ0v) is 15.4. The van der Waals surface area contributed by atoms with E-state index in [1.54, 1.807) is 12.1 Å². The number of phenols is 1. The number of aliphatic hydroxyl groups excluding tert-OH is 6. The maximum atomic E-state index is 10.1. The Hall–Kier alpha value is -1.38. The van der Waals surface area contributed by atoms with Crippen LogP contribution in [0.25, 0.3) is 0 Å². The zero-order valence-electron chi connectivity index (χ0n) is 15.4. The van der Waals surface area contributed by atoms with Crippen molar-refractivity contribution in [2.45, 2.75) is 61.9 Å². The molecule has 11 heteroatoms. The summed E-state index contributed by atoms with van der Waals surface area (Å²) in [7, 11) is 0. The molecule has 9 atom stereocenters. The summed E-state index contributed by atoms with van der Waals surface area (Å²) < 4.78 is 21.4. The van der Waals surface area contributed by atoms with Gasteiger partial charge in [0.15, 0.2) is 12.6 Å². The molecule has 1 aromatic carbocycles. The van der Waals surface area contributed by atoms with Gasteiger partial charge in [-0.2, -0.15) is 0 Å². The topological polar surface area (TPSA) is 179 Å². The third kappa shape index (κ3) is 5.22. The van der Waals surface area contributed by atoms with Crippen molar-refractivity contribution in [1.29, 1.82) is 0 Å². The van der Waals surface area contributed by atoms with Gasteiger partial charge in [0.05, 0.1) is 19.8 Å². The Kier molecular flexibility index (Phi) is 7.40. The summed E-state index contributed by atoms with van der Waals surface area (Å²) in [5, 5.41) is 68.6. The molecular weight excluding hydrogens is 392 g/mol. The normalized spacial score (nSPS) is 40.7. The first-order valence-electron chi connectivity index (χ1n) is 9.14. The van der Waals surface area contributed by atoms with Gasteiger partial charge >= 0.3 is 0 Å². The number of aromatic hydroxyl groups is 1. The van der Waals surface area contributed by atoms with Crippen LogP contribution in [0.1, 0.15) is 5.56 Å². The van der Waals surface area contributed by atoms with Crippen molar-refractivity contribution < 1.29 is 54.7 Å². The number of hydrogen-bond donors (Lipinski definition) is 7. The highest BCUT2D eigenvalue weighted by atomic mass is 16.7. The van der Waals surface area contributed by atoms with Crippen LogP contribution in [0.5, 0.6) is 5.75 Å². The molecule has 0 radical (unpaired) electrons. The van der Waals surface area contributed by atoms with Gasteiger partial charge in [0.2, 0.25) is 0 Å². The molecule has 0 aromatic heterocycles. The Morgan fingerprint density at radius 1 is 0.793 bits per heavy atom. The average Bonchev–Trinajstić information content (AvgIpc) is 2.71. The van der Waals surface area contributed by atoms with E-state index in [1.807, 2.05) is 0 Å². The molecule has 3 rings (SSSR count). The SMILES string of the molecule is Oc1ccc(CO[C@@H]2O[C@H](CO[C@@H]3OC[C@@H](O)[C@H](O)[C@H]3O)[C@@H](O)[C@H](O)[C@H]2O)cc1. The van der Waals surface area contributed by atoms with Gasteiger partial charge in [0.25, 0.3) is 0 Å². The first-order chi connectivity index (χ1) is 13.8. The molecule has 2 fully saturated rings. The lowest BCUT2D eigenvalue weighted by Gasteiger charge is -2.41. The van der Waals surface area contributed by atoms with Gasteiger partial charge in [-0.15, -0.1) is 0 Å². The highest BCUT2D eigenvalue weighted by Gasteiger charge is 2.45. The molecule has 2 aliphatic heterocycles. The molecule has 0 bridgehead atoms. The van der Waals surface area contributed by atoms with E-state index in [2.05, 4.69) is 0 Å². The van der Waals surface area contributed by atoms with Crippen molar-refractivity contribution >= 4 is 0 Å². The minimum Gasteiger partial charge on any atom is -0.508 e. The molecule has 0 spiro atoms. The highest BCUT2D eigenvalue weighted by Crippen LogP contribution is 2.25. The second kappa shape index (κ2) is 9.62. The lowest BCUT2D eigenvalue weighted by Crippen LogP contribution is -2.60. The van der Waals surface area contributed by atoms with Crippen LogP contribution in [0.3, 0.4) is 0 Å². The molecule has 29 heavy (non-hydrogen) atoms. The molecule has 1 aromatic rings. The first kappa shape index (κ1) is 22.3. The molecular formula is C18H26O11. The van der Waals surface area contributed by atoms with Gasteiger partial charge < -0.3 is 54.7 Å². The minimum atomic E-state index is -1.58. The van der Waals surface area contributed by atoms with Crippen LogP contribution < -0.4 is 0 Å². The van der Waals surface area contributed by atoms with Gasteiger partial charge in [0.1, 0.15) is 48.5 Å². The van der Waals surface area contributed by atoms with Gasteiger partial charge in [-0.25, -0.2) is 0 Å². The molecule has 0 aliphatic carbocycles. The van der Waals surface area contributed by atoms with Crippen LogP contribution in [-0.2, 0) is 25.6 Å². The number of rotatable bonds is 6. The quantitative estimate of drug-likeness (QED) is 0.253. The summed E-state index contributed by atoms with van der Waals surface area (Å²) in [5.74, 6) is 0.0863. The molecule has 0 saturated carbocycles. The fraction of sp³-hybridized carbons (Fsp3) is 0.667. The molecule has 2 heterocycles. The fourth-order valence-corrected chi connectivity index (χ4v) is 3.08. The minimum absolute atomic E-state index is 0.00688. The number of aliphatic hydroxyl groups is 6. The zero-order chi connectivity index (χ0) is 21.1. The number of benzene rings is 1. The second-order valence-corrected chi connectivity index (χ2v) is 7.08. The lowest BCUT2D eigenvalue weighted by atomic mass is 9.99. The molecule has 0 unspecified atom stereocenters. The Bertz CT molecular complexity index is 641. The van der Waals surface area contributed by atoms with E-state index in [4.69, 9.17) is 18.9 Å². The van der Waals surface area contributed by atoms with Gasteiger partial charge in [-0.3, -0.25) is 0 Å². The van der Waals surface area contributed by atoms with Crippen molar-refractivity contribution in [1.82, 2.24) is 0 Å². The van der Waals surface area contributed by atoms with Gasteiger partial charge in [0, 0.05) is 0 Å². The fourth-order valence-electron chi connectivity index (χ4n) is 3.08. The number of phenolic OH excluding ortho intramolecular Hbond substituents is 1. The predicted molar refractivity (Wildman–Crippen MR) is 93.3 cm³/mol. The van der Waals surface area contributed by atoms with E-state index in [1.165, 1.54) is 12.1 Å². The van der Waals surface area contributed by atoms with Crippen molar-refractivity contribution in [3.63, 3.8) is 0 Å². The number of ether oxygens (including phenoxy) is 4. The molecule has 164 valence electrons. The van der Waals surface area contributed by atoms with E-state index in [-0.39, 0.29) is 25.6 Å². The highest BCUT2D eigenvalue weighted by molar-refractivity contribution is 5.25. The van der Waals surface area contributed by atoms with Crippen LogP contribution in [0.2, 0.25) is 0 Å². The van der Waals surface area contributed by atoms with E-state index >= 15 is 0 Å². The Labute approximate surface area is 166 Å². The molecule has 7 N–H and O–H groups in total. The van der Waals surface area contributed by atoms with E-state index < -0.39 is 55.3 Å². The second-order valence-electron chi connectivity index (χ2n) is 7.08. The van der Waals surface area contributed by atoms with Crippen LogP contribution in [0.4, 0.5) is 0 Å². The third-order valence-electron chi connectivity index (χ3n) is 4.90. The largest absolute Gasteiger partial charge is 0.508 e. The molecule has 2 saturated heterocycles. The van der Waals surface area contributed by atoms with E-state index in [0.29, 0.717) is 5.56 Å². The van der Waals surface area contributed by atoms with Crippen molar-refractivity contribution in [3.8, 4) is 5.75 Å². The van der Waals surface area contributed by atoms with Crippen LogP contribution in [0, 0.1) is 0 Å². The van der Waals surface area contributed by atoms with Gasteiger partial charge in [-0.05, 0) is 17.7 Å². The Balaban J connectivity index is 1.56. The molecule has 0 amide bonds. The van der Waals surface area contributed by atoms with Crippen molar-refractivity contribution in [2.75, 3.05) is 13.2 Å². The van der Waals surface area contributed by atoms with Crippen LogP contribution in [0.15, 0.2) is 24.3 Å². The van der Waals surface area contributed by atoms with E-state index in [0.717, 1.165) is 0 Å². The predicted octanol–water partition coefficient (Wildman–Crippen LogP) is -2.83. The van der Waals surface area contributed by atoms with Crippen LogP contribution in [-0.4, -0.2) is 104 Å². The first-order valence-corrected chi connectivity index (χ1v) is 9.14. The van der Waals surface area contributed by atoms with Crippen LogP contribution >= 0.6 is 0 Å². The van der Waals surface area contributed by atoms with E-state index in [9.17, 15) is 35.7 Å². The monoisotopic (exact) mass is 418 g/mol. The van der Waals surface area contributed by atoms with Gasteiger partial charge in [-0.1, -0.05) is 12.1 Å². The Morgan fingerprint density at radius 3 is 2.14 bits per heavy atom. The standard InChI is InChI=1S/C18H26O11/c19-9-3-1-8(2-4-9)5-26-18-16(25)14(23)13(22)11(29-18)7-28-17-15(24)12(21)10(20)6-27-17/h1-4,10-25H,5-7H2/t10-,11-,12+,13-,14+,15-,16-,17+,18-/m1/s1. The lowest BCUT2D eigenvalue weighted by molar-refractivity contribution is -0.322. The van der Waals surface area contributed by atoms with Crippen molar-refractivity contribution in [2.24, 2.45) is 0 Å². The summed E-state index contributed by atoms with van der Waals surface area (Å²) in [6.07, 6.45) is -12.5. The summed E-state index contributed by atoms with van der Waals surface area (Å²) in [6.45, 7) is -0.599. The summed E-state index contributed by atoms with van der Waals surface area (Å²) in [6, 6.07) is 6.15. The van der Waals surface area contributed by atoms with Crippen molar-refractivity contribution in [3.05, 3.63) is 29.8 Å². The summed E-state index contributed by atoms with van der Waals surface area (Å²) in [5.41, 5.74) is 0.679. The third-order valence-corrected chi connectivity index (χ3v) is 4.90. The molecule has 11 nitrogen and oxygen atoms in total. The Morgan fingerprint density at radius 2 is 1.45 bits per heavy atom.